The first-order valence-electron chi connectivity index (χ1n) is 9.77. The lowest BCUT2D eigenvalue weighted by atomic mass is 10.2. The van der Waals surface area contributed by atoms with E-state index in [9.17, 15) is 4.79 Å². The maximum Gasteiger partial charge on any atom is 0.257 e. The van der Waals surface area contributed by atoms with Gasteiger partial charge in [-0.15, -0.1) is 11.3 Å². The zero-order valence-corrected chi connectivity index (χ0v) is 18.9. The fourth-order valence-corrected chi connectivity index (χ4v) is 3.48. The van der Waals surface area contributed by atoms with E-state index in [4.69, 9.17) is 21.7 Å². The molecular weight excluding hydrogens is 422 g/mol. The van der Waals surface area contributed by atoms with Crippen molar-refractivity contribution < 1.29 is 14.3 Å². The van der Waals surface area contributed by atoms with Gasteiger partial charge in [-0.05, 0) is 43.3 Å². The van der Waals surface area contributed by atoms with Gasteiger partial charge in [0.15, 0.2) is 21.4 Å². The predicted molar refractivity (Wildman–Crippen MR) is 119 cm³/mol. The molecule has 2 heterocycles. The minimum Gasteiger partial charge on any atom is -0.490 e. The molecule has 3 rings (SSSR count). The van der Waals surface area contributed by atoms with Crippen LogP contribution in [0.15, 0.2) is 23.6 Å². The third-order valence-corrected chi connectivity index (χ3v) is 5.38. The van der Waals surface area contributed by atoms with Gasteiger partial charge in [-0.2, -0.15) is 5.10 Å². The second-order valence-corrected chi connectivity index (χ2v) is 7.88. The number of hydrogen-bond donors (Lipinski definition) is 2. The average Bonchev–Trinajstić information content (AvgIpc) is 3.32. The largest absolute Gasteiger partial charge is 0.490 e. The van der Waals surface area contributed by atoms with E-state index >= 15 is 0 Å². The molecule has 0 fully saturated rings. The molecule has 30 heavy (non-hydrogen) atoms. The Balaban J connectivity index is 1.70. The summed E-state index contributed by atoms with van der Waals surface area (Å²) in [5, 5.41) is 12.2. The van der Waals surface area contributed by atoms with Crippen molar-refractivity contribution in [3.05, 3.63) is 45.4 Å². The SMILES string of the molecule is CCCOc1ccc(C(=O)Nc2nc(Cc3n[nH]c(=S)n3C)cs2)cc1OCCC. The average molecular weight is 448 g/mol. The highest BCUT2D eigenvalue weighted by atomic mass is 32.1. The minimum atomic E-state index is -0.252. The Morgan fingerprint density at radius 2 is 1.97 bits per heavy atom. The molecule has 0 bridgehead atoms. The second kappa shape index (κ2) is 10.4. The number of carbonyl (C=O) groups excluding carboxylic acids is 1. The molecule has 160 valence electrons. The van der Waals surface area contributed by atoms with Crippen LogP contribution in [0.5, 0.6) is 11.5 Å². The van der Waals surface area contributed by atoms with Gasteiger partial charge in [0.2, 0.25) is 0 Å². The number of benzene rings is 1. The maximum atomic E-state index is 12.7. The summed E-state index contributed by atoms with van der Waals surface area (Å²) in [6.07, 6.45) is 2.28. The number of carbonyl (C=O) groups is 1. The summed E-state index contributed by atoms with van der Waals surface area (Å²) in [6, 6.07) is 5.20. The number of amides is 1. The molecule has 1 aromatic carbocycles. The lowest BCUT2D eigenvalue weighted by Gasteiger charge is -2.13. The van der Waals surface area contributed by atoms with Crippen molar-refractivity contribution in [2.24, 2.45) is 7.05 Å². The topological polar surface area (TPSA) is 94.1 Å². The van der Waals surface area contributed by atoms with Crippen molar-refractivity contribution in [1.82, 2.24) is 19.7 Å². The summed E-state index contributed by atoms with van der Waals surface area (Å²) in [5.41, 5.74) is 1.29. The normalized spacial score (nSPS) is 10.8. The van der Waals surface area contributed by atoms with Crippen molar-refractivity contribution >= 4 is 34.6 Å². The summed E-state index contributed by atoms with van der Waals surface area (Å²) in [7, 11) is 1.85. The van der Waals surface area contributed by atoms with Crippen LogP contribution in [0.1, 0.15) is 48.6 Å². The highest BCUT2D eigenvalue weighted by Gasteiger charge is 2.14. The molecule has 0 unspecified atom stereocenters. The number of nitrogens with one attached hydrogen (secondary N) is 2. The van der Waals surface area contributed by atoms with Crippen molar-refractivity contribution in [3.8, 4) is 11.5 Å². The van der Waals surface area contributed by atoms with Crippen LogP contribution in [0.4, 0.5) is 5.13 Å². The summed E-state index contributed by atoms with van der Waals surface area (Å²) < 4.78 is 13.8. The minimum absolute atomic E-state index is 0.252. The number of thiazole rings is 1. The molecule has 3 aromatic rings. The van der Waals surface area contributed by atoms with Gasteiger partial charge in [0, 0.05) is 18.0 Å². The van der Waals surface area contributed by atoms with Crippen molar-refractivity contribution in [1.29, 1.82) is 0 Å². The number of rotatable bonds is 10. The lowest BCUT2D eigenvalue weighted by molar-refractivity contribution is 0.102. The van der Waals surface area contributed by atoms with Crippen LogP contribution in [-0.2, 0) is 13.5 Å². The van der Waals surface area contributed by atoms with Crippen LogP contribution in [0.25, 0.3) is 0 Å². The molecule has 0 aliphatic rings. The molecule has 2 N–H and O–H groups in total. The van der Waals surface area contributed by atoms with E-state index < -0.39 is 0 Å². The maximum absolute atomic E-state index is 12.7. The van der Waals surface area contributed by atoms with E-state index in [0.717, 1.165) is 24.4 Å². The Bertz CT molecular complexity index is 1060. The summed E-state index contributed by atoms with van der Waals surface area (Å²) in [6.45, 7) is 5.22. The van der Waals surface area contributed by atoms with Crippen molar-refractivity contribution in [2.75, 3.05) is 18.5 Å². The zero-order valence-electron chi connectivity index (χ0n) is 17.2. The predicted octanol–water partition coefficient (Wildman–Crippen LogP) is 4.35. The number of ether oxygens (including phenoxy) is 2. The molecule has 0 aliphatic heterocycles. The van der Waals surface area contributed by atoms with Gasteiger partial charge in [-0.3, -0.25) is 15.2 Å². The number of nitrogens with zero attached hydrogens (tertiary/aromatic N) is 3. The number of aromatic nitrogens is 4. The molecule has 0 atom stereocenters. The van der Waals surface area contributed by atoms with E-state index in [0.29, 0.717) is 46.6 Å². The van der Waals surface area contributed by atoms with E-state index in [1.807, 2.05) is 26.3 Å². The molecule has 8 nitrogen and oxygen atoms in total. The second-order valence-electron chi connectivity index (χ2n) is 6.64. The molecular formula is C20H25N5O3S2. The fourth-order valence-electron chi connectivity index (χ4n) is 2.62. The zero-order chi connectivity index (χ0) is 21.5. The summed E-state index contributed by atoms with van der Waals surface area (Å²) in [4.78, 5) is 17.2. The first-order chi connectivity index (χ1) is 14.5. The van der Waals surface area contributed by atoms with Gasteiger partial charge < -0.3 is 14.0 Å². The Kier molecular flexibility index (Phi) is 7.58. The van der Waals surface area contributed by atoms with E-state index in [1.165, 1.54) is 11.3 Å². The van der Waals surface area contributed by atoms with E-state index in [-0.39, 0.29) is 5.91 Å². The Labute approximate surface area is 184 Å². The number of hydrogen-bond acceptors (Lipinski definition) is 7. The standard InChI is InChI=1S/C20H25N5O3S2/c1-4-8-27-15-7-6-13(10-16(15)28-9-5-2)18(26)22-19-21-14(12-30-19)11-17-23-24-20(29)25(17)3/h6-7,10,12H,4-5,8-9,11H2,1-3H3,(H,24,29)(H,21,22,26). The van der Waals surface area contributed by atoms with Gasteiger partial charge in [-0.1, -0.05) is 13.8 Å². The van der Waals surface area contributed by atoms with Gasteiger partial charge >= 0.3 is 0 Å². The first kappa shape index (κ1) is 22.0. The summed E-state index contributed by atoms with van der Waals surface area (Å²) in [5.74, 6) is 1.75. The van der Waals surface area contributed by atoms with Crippen molar-refractivity contribution in [3.63, 3.8) is 0 Å². The van der Waals surface area contributed by atoms with Crippen LogP contribution < -0.4 is 14.8 Å². The molecule has 0 saturated heterocycles. The number of aromatic amines is 1. The van der Waals surface area contributed by atoms with E-state index in [1.54, 1.807) is 22.8 Å². The summed E-state index contributed by atoms with van der Waals surface area (Å²) >= 11 is 6.49. The van der Waals surface area contributed by atoms with Gasteiger partial charge in [0.1, 0.15) is 5.82 Å². The Morgan fingerprint density at radius 3 is 2.63 bits per heavy atom. The van der Waals surface area contributed by atoms with Crippen LogP contribution in [0.2, 0.25) is 0 Å². The first-order valence-corrected chi connectivity index (χ1v) is 11.1. The van der Waals surface area contributed by atoms with Crippen LogP contribution in [-0.4, -0.2) is 38.9 Å². The molecule has 2 aromatic heterocycles. The number of anilines is 1. The monoisotopic (exact) mass is 447 g/mol. The molecule has 0 saturated carbocycles. The van der Waals surface area contributed by atoms with Gasteiger partial charge in [0.25, 0.3) is 5.91 Å². The Hall–Kier alpha value is -2.72. The quantitative estimate of drug-likeness (QED) is 0.449. The number of H-pyrrole nitrogens is 1. The van der Waals surface area contributed by atoms with Gasteiger partial charge in [0.05, 0.1) is 25.3 Å². The van der Waals surface area contributed by atoms with Crippen LogP contribution in [0, 0.1) is 4.77 Å². The van der Waals surface area contributed by atoms with Crippen LogP contribution >= 0.6 is 23.6 Å². The smallest absolute Gasteiger partial charge is 0.257 e. The fraction of sp³-hybridized carbons (Fsp3) is 0.400. The third kappa shape index (κ3) is 5.45. The lowest BCUT2D eigenvalue weighted by Crippen LogP contribution is -2.12. The highest BCUT2D eigenvalue weighted by molar-refractivity contribution is 7.71. The van der Waals surface area contributed by atoms with Crippen molar-refractivity contribution in [2.45, 2.75) is 33.1 Å². The van der Waals surface area contributed by atoms with Crippen LogP contribution in [0.3, 0.4) is 0 Å². The van der Waals surface area contributed by atoms with Gasteiger partial charge in [-0.25, -0.2) is 4.98 Å². The molecule has 0 radical (unpaired) electrons. The highest BCUT2D eigenvalue weighted by Crippen LogP contribution is 2.29. The molecule has 0 aliphatic carbocycles. The van der Waals surface area contributed by atoms with E-state index in [2.05, 4.69) is 20.5 Å². The molecule has 0 spiro atoms. The molecule has 1 amide bonds. The third-order valence-electron chi connectivity index (χ3n) is 4.21. The molecule has 10 heteroatoms. The Morgan fingerprint density at radius 1 is 1.23 bits per heavy atom.